The number of alkyl halides is 3. The van der Waals surface area contributed by atoms with E-state index in [9.17, 15) is 13.2 Å². The van der Waals surface area contributed by atoms with Crippen molar-refractivity contribution < 1.29 is 13.2 Å². The molecule has 0 saturated heterocycles. The van der Waals surface area contributed by atoms with Crippen LogP contribution >= 0.6 is 11.3 Å². The number of H-pyrrole nitrogens is 1. The summed E-state index contributed by atoms with van der Waals surface area (Å²) in [5.74, 6) is 0. The highest BCUT2D eigenvalue weighted by molar-refractivity contribution is 7.22. The molecule has 2 aromatic heterocycles. The maximum atomic E-state index is 12.9. The highest BCUT2D eigenvalue weighted by Crippen LogP contribution is 2.41. The van der Waals surface area contributed by atoms with Crippen molar-refractivity contribution in [2.75, 3.05) is 5.73 Å². The van der Waals surface area contributed by atoms with E-state index in [1.165, 1.54) is 29.7 Å². The second kappa shape index (κ2) is 3.99. The largest absolute Gasteiger partial charge is 0.417 e. The van der Waals surface area contributed by atoms with E-state index in [1.807, 2.05) is 0 Å². The number of benzene rings is 1. The van der Waals surface area contributed by atoms with Crippen LogP contribution in [0, 0.1) is 0 Å². The molecular formula is C12H8F3N3S. The van der Waals surface area contributed by atoms with E-state index in [0.29, 0.717) is 21.0 Å². The normalized spacial score (nSPS) is 12.2. The van der Waals surface area contributed by atoms with Crippen LogP contribution < -0.4 is 5.73 Å². The Bertz CT molecular complexity index is 742. The quantitative estimate of drug-likeness (QED) is 0.711. The average molecular weight is 283 g/mol. The van der Waals surface area contributed by atoms with E-state index >= 15 is 0 Å². The lowest BCUT2D eigenvalue weighted by Crippen LogP contribution is -2.04. The fourth-order valence-corrected chi connectivity index (χ4v) is 3.03. The Morgan fingerprint density at radius 2 is 2.05 bits per heavy atom. The lowest BCUT2D eigenvalue weighted by molar-refractivity contribution is -0.136. The molecule has 3 N–H and O–H groups in total. The second-order valence-corrected chi connectivity index (χ2v) is 5.11. The van der Waals surface area contributed by atoms with E-state index in [0.717, 1.165) is 6.07 Å². The maximum absolute atomic E-state index is 12.9. The van der Waals surface area contributed by atoms with Crippen molar-refractivity contribution in [2.45, 2.75) is 6.18 Å². The van der Waals surface area contributed by atoms with Crippen LogP contribution in [0.2, 0.25) is 0 Å². The number of hydrogen-bond acceptors (Lipinski definition) is 3. The van der Waals surface area contributed by atoms with Gasteiger partial charge in [-0.3, -0.25) is 5.10 Å². The number of rotatable bonds is 1. The number of thiophene rings is 1. The van der Waals surface area contributed by atoms with Gasteiger partial charge in [-0.2, -0.15) is 18.3 Å². The molecule has 0 aliphatic rings. The molecule has 0 bridgehead atoms. The molecule has 3 rings (SSSR count). The molecule has 0 amide bonds. The van der Waals surface area contributed by atoms with Gasteiger partial charge in [0.1, 0.15) is 0 Å². The number of halogens is 3. The number of nitrogen functional groups attached to an aromatic ring is 1. The van der Waals surface area contributed by atoms with Crippen molar-refractivity contribution in [1.82, 2.24) is 10.2 Å². The standard InChI is InChI=1S/C12H8F3N3S/c13-12(14,15)7-2-1-3-9-6(7)4-10(19-9)11-8(16)5-17-18-11/h1-5H,16H2,(H,17,18). The van der Waals surface area contributed by atoms with Crippen molar-refractivity contribution in [2.24, 2.45) is 0 Å². The highest BCUT2D eigenvalue weighted by atomic mass is 32.1. The summed E-state index contributed by atoms with van der Waals surface area (Å²) in [4.78, 5) is 0.640. The van der Waals surface area contributed by atoms with Gasteiger partial charge in [-0.05, 0) is 18.2 Å². The highest BCUT2D eigenvalue weighted by Gasteiger charge is 2.32. The molecule has 0 unspecified atom stereocenters. The molecule has 1 aromatic carbocycles. The van der Waals surface area contributed by atoms with Crippen LogP contribution in [0.1, 0.15) is 5.56 Å². The molecule has 0 atom stereocenters. The summed E-state index contributed by atoms with van der Waals surface area (Å²) in [7, 11) is 0. The third kappa shape index (κ3) is 1.95. The first kappa shape index (κ1) is 12.0. The summed E-state index contributed by atoms with van der Waals surface area (Å²) in [6.45, 7) is 0. The first-order valence-electron chi connectivity index (χ1n) is 5.36. The van der Waals surface area contributed by atoms with Crippen molar-refractivity contribution in [1.29, 1.82) is 0 Å². The van der Waals surface area contributed by atoms with Crippen LogP contribution in [-0.2, 0) is 6.18 Å². The predicted molar refractivity (Wildman–Crippen MR) is 68.8 cm³/mol. The molecule has 0 radical (unpaired) electrons. The lowest BCUT2D eigenvalue weighted by atomic mass is 10.1. The van der Waals surface area contributed by atoms with Crippen LogP contribution in [0.5, 0.6) is 0 Å². The summed E-state index contributed by atoms with van der Waals surface area (Å²) in [5.41, 5.74) is 6.04. The number of aromatic amines is 1. The smallest absolute Gasteiger partial charge is 0.396 e. The van der Waals surface area contributed by atoms with E-state index in [1.54, 1.807) is 6.07 Å². The van der Waals surface area contributed by atoms with Gasteiger partial charge < -0.3 is 5.73 Å². The summed E-state index contributed by atoms with van der Waals surface area (Å²) in [6.07, 6.45) is -2.93. The number of hydrogen-bond donors (Lipinski definition) is 2. The molecule has 0 saturated carbocycles. The van der Waals surface area contributed by atoms with Gasteiger partial charge in [-0.15, -0.1) is 11.3 Å². The first-order valence-corrected chi connectivity index (χ1v) is 6.17. The van der Waals surface area contributed by atoms with Gasteiger partial charge in [0, 0.05) is 10.1 Å². The number of nitrogens with zero attached hydrogens (tertiary/aromatic N) is 1. The topological polar surface area (TPSA) is 54.7 Å². The molecule has 7 heteroatoms. The zero-order chi connectivity index (χ0) is 13.6. The van der Waals surface area contributed by atoms with E-state index in [-0.39, 0.29) is 5.39 Å². The van der Waals surface area contributed by atoms with Gasteiger partial charge in [0.25, 0.3) is 0 Å². The predicted octanol–water partition coefficient (Wildman–Crippen LogP) is 3.89. The summed E-state index contributed by atoms with van der Waals surface area (Å²) >= 11 is 1.25. The summed E-state index contributed by atoms with van der Waals surface area (Å²) in [6, 6.07) is 5.63. The Kier molecular flexibility index (Phi) is 2.53. The number of anilines is 1. The lowest BCUT2D eigenvalue weighted by Gasteiger charge is -2.06. The molecular weight excluding hydrogens is 275 g/mol. The molecule has 0 spiro atoms. The summed E-state index contributed by atoms with van der Waals surface area (Å²) < 4.78 is 39.3. The molecule has 0 aliphatic heterocycles. The third-order valence-electron chi connectivity index (χ3n) is 2.78. The Labute approximate surface area is 109 Å². The van der Waals surface area contributed by atoms with Crippen LogP contribution in [0.3, 0.4) is 0 Å². The van der Waals surface area contributed by atoms with Gasteiger partial charge in [-0.1, -0.05) is 6.07 Å². The second-order valence-electron chi connectivity index (χ2n) is 4.03. The van der Waals surface area contributed by atoms with Gasteiger partial charge in [0.2, 0.25) is 0 Å². The maximum Gasteiger partial charge on any atom is 0.417 e. The molecule has 3 nitrogen and oxygen atoms in total. The zero-order valence-electron chi connectivity index (χ0n) is 9.45. The average Bonchev–Trinajstić information content (AvgIpc) is 2.91. The minimum Gasteiger partial charge on any atom is -0.396 e. The van der Waals surface area contributed by atoms with Crippen molar-refractivity contribution in [3.8, 4) is 10.6 Å². The molecule has 2 heterocycles. The van der Waals surface area contributed by atoms with Crippen LogP contribution in [0.25, 0.3) is 20.7 Å². The van der Waals surface area contributed by atoms with Gasteiger partial charge in [0.05, 0.1) is 28.0 Å². The third-order valence-corrected chi connectivity index (χ3v) is 3.90. The Morgan fingerprint density at radius 1 is 1.26 bits per heavy atom. The van der Waals surface area contributed by atoms with E-state index in [2.05, 4.69) is 10.2 Å². The Balaban J connectivity index is 2.25. The Hall–Kier alpha value is -2.02. The summed E-state index contributed by atoms with van der Waals surface area (Å²) in [5, 5.41) is 6.65. The first-order chi connectivity index (χ1) is 8.97. The van der Waals surface area contributed by atoms with Crippen LogP contribution in [0.4, 0.5) is 18.9 Å². The van der Waals surface area contributed by atoms with E-state index in [4.69, 9.17) is 5.73 Å². The van der Waals surface area contributed by atoms with Crippen molar-refractivity contribution in [3.05, 3.63) is 36.0 Å². The Morgan fingerprint density at radius 3 is 2.68 bits per heavy atom. The molecule has 98 valence electrons. The van der Waals surface area contributed by atoms with Gasteiger partial charge in [-0.25, -0.2) is 0 Å². The number of nitrogens with one attached hydrogen (secondary N) is 1. The zero-order valence-corrected chi connectivity index (χ0v) is 10.3. The molecule has 0 fully saturated rings. The molecule has 0 aliphatic carbocycles. The minimum atomic E-state index is -4.36. The number of nitrogens with two attached hydrogens (primary N) is 1. The SMILES string of the molecule is Nc1cn[nH]c1-c1cc2c(C(F)(F)F)cccc2s1. The fourth-order valence-electron chi connectivity index (χ4n) is 1.92. The number of aromatic nitrogens is 2. The van der Waals surface area contributed by atoms with Gasteiger partial charge in [0.15, 0.2) is 0 Å². The minimum absolute atomic E-state index is 0.184. The van der Waals surface area contributed by atoms with E-state index < -0.39 is 11.7 Å². The van der Waals surface area contributed by atoms with Gasteiger partial charge >= 0.3 is 6.18 Å². The fraction of sp³-hybridized carbons (Fsp3) is 0.0833. The number of fused-ring (bicyclic) bond motifs is 1. The monoisotopic (exact) mass is 283 g/mol. The van der Waals surface area contributed by atoms with Crippen LogP contribution in [0.15, 0.2) is 30.5 Å². The molecule has 3 aromatic rings. The van der Waals surface area contributed by atoms with Crippen molar-refractivity contribution in [3.63, 3.8) is 0 Å². The molecule has 19 heavy (non-hydrogen) atoms. The van der Waals surface area contributed by atoms with Crippen molar-refractivity contribution >= 4 is 27.1 Å². The van der Waals surface area contributed by atoms with Crippen LogP contribution in [-0.4, -0.2) is 10.2 Å².